The molecule has 1 atom stereocenters. The Hall–Kier alpha value is -3.95. The van der Waals surface area contributed by atoms with Crippen molar-refractivity contribution in [2.75, 3.05) is 12.9 Å². The van der Waals surface area contributed by atoms with Gasteiger partial charge < -0.3 is 4.74 Å². The molecule has 2 aliphatic rings. The van der Waals surface area contributed by atoms with Crippen molar-refractivity contribution >= 4 is 40.6 Å². The number of nitrogens with zero attached hydrogens (tertiary/aromatic N) is 3. The van der Waals surface area contributed by atoms with Gasteiger partial charge in [0.05, 0.1) is 27.8 Å². The van der Waals surface area contributed by atoms with E-state index in [0.717, 1.165) is 40.1 Å². The van der Waals surface area contributed by atoms with Gasteiger partial charge in [-0.15, -0.1) is 11.8 Å². The lowest BCUT2D eigenvalue weighted by atomic mass is 9.83. The molecule has 1 aliphatic heterocycles. The summed E-state index contributed by atoms with van der Waals surface area (Å²) in [6, 6.07) is 21.2. The van der Waals surface area contributed by atoms with Gasteiger partial charge in [0.2, 0.25) is 0 Å². The molecule has 6 rings (SSSR count). The van der Waals surface area contributed by atoms with Gasteiger partial charge >= 0.3 is 5.69 Å². The average molecular weight is 556 g/mol. The third-order valence-corrected chi connectivity index (χ3v) is 8.81. The lowest BCUT2D eigenvalue weighted by Crippen LogP contribution is -2.38. The molecule has 0 saturated heterocycles. The van der Waals surface area contributed by atoms with Crippen LogP contribution >= 0.6 is 23.1 Å². The number of thioether (sulfide) groups is 1. The molecule has 1 aromatic heterocycles. The van der Waals surface area contributed by atoms with Crippen molar-refractivity contribution in [1.29, 1.82) is 0 Å². The third kappa shape index (κ3) is 4.51. The van der Waals surface area contributed by atoms with E-state index in [-0.39, 0.29) is 23.0 Å². The molecule has 0 amide bonds. The molecular weight excluding hydrogens is 530 g/mol. The van der Waals surface area contributed by atoms with Crippen LogP contribution in [0, 0.1) is 10.1 Å². The van der Waals surface area contributed by atoms with E-state index >= 15 is 0 Å². The number of allylic oxidation sites excluding steroid dienone is 1. The second-order valence-electron chi connectivity index (χ2n) is 9.30. The van der Waals surface area contributed by atoms with Crippen LogP contribution in [-0.4, -0.2) is 22.4 Å². The molecule has 4 aromatic rings. The Morgan fingerprint density at radius 1 is 1.15 bits per heavy atom. The van der Waals surface area contributed by atoms with E-state index < -0.39 is 4.92 Å². The maximum Gasteiger partial charge on any atom is 0.311 e. The largest absolute Gasteiger partial charge is 0.487 e. The van der Waals surface area contributed by atoms with Crippen LogP contribution in [0.1, 0.15) is 41.6 Å². The molecule has 0 fully saturated rings. The van der Waals surface area contributed by atoms with E-state index in [4.69, 9.17) is 9.73 Å². The number of thiazole rings is 1. The number of aryl methyl sites for hydroxylation is 1. The smallest absolute Gasteiger partial charge is 0.311 e. The molecule has 0 N–H and O–H groups in total. The molecule has 0 bridgehead atoms. The summed E-state index contributed by atoms with van der Waals surface area (Å²) in [7, 11) is 0. The van der Waals surface area contributed by atoms with Crippen LogP contribution < -0.4 is 19.6 Å². The number of aromatic nitrogens is 1. The fourth-order valence-corrected chi connectivity index (χ4v) is 6.71. The number of benzene rings is 3. The van der Waals surface area contributed by atoms with Gasteiger partial charge in [-0.3, -0.25) is 19.5 Å². The Balaban J connectivity index is 1.56. The first-order valence-electron chi connectivity index (χ1n) is 12.7. The number of ether oxygens (including phenoxy) is 1. The molecule has 196 valence electrons. The zero-order valence-electron chi connectivity index (χ0n) is 21.4. The second kappa shape index (κ2) is 10.3. The first kappa shape index (κ1) is 25.3. The van der Waals surface area contributed by atoms with Crippen LogP contribution in [0.15, 0.2) is 87.0 Å². The molecular formula is C30H25N3O4S2. The predicted octanol–water partition coefficient (Wildman–Crippen LogP) is 5.35. The Labute approximate surface area is 233 Å². The van der Waals surface area contributed by atoms with Gasteiger partial charge in [-0.05, 0) is 72.6 Å². The van der Waals surface area contributed by atoms with Gasteiger partial charge in [-0.2, -0.15) is 0 Å². The van der Waals surface area contributed by atoms with E-state index in [1.165, 1.54) is 23.0 Å². The van der Waals surface area contributed by atoms with Crippen molar-refractivity contribution in [3.05, 3.63) is 124 Å². The van der Waals surface area contributed by atoms with Gasteiger partial charge in [0, 0.05) is 16.5 Å². The minimum absolute atomic E-state index is 0.128. The van der Waals surface area contributed by atoms with Crippen LogP contribution in [0.5, 0.6) is 5.75 Å². The minimum Gasteiger partial charge on any atom is -0.487 e. The molecule has 7 nitrogen and oxygen atoms in total. The summed E-state index contributed by atoms with van der Waals surface area (Å²) in [4.78, 5) is 31.9. The predicted molar refractivity (Wildman–Crippen MR) is 155 cm³/mol. The molecule has 0 spiro atoms. The highest BCUT2D eigenvalue weighted by Gasteiger charge is 2.32. The first-order valence-corrected chi connectivity index (χ1v) is 14.7. The Morgan fingerprint density at radius 2 is 1.95 bits per heavy atom. The number of nitro benzene ring substituents is 1. The quantitative estimate of drug-likeness (QED) is 0.182. The second-order valence-corrected chi connectivity index (χ2v) is 11.2. The summed E-state index contributed by atoms with van der Waals surface area (Å²) < 4.78 is 7.68. The Morgan fingerprint density at radius 3 is 2.69 bits per heavy atom. The number of hydrogen-bond donors (Lipinski definition) is 0. The van der Waals surface area contributed by atoms with Crippen molar-refractivity contribution < 1.29 is 9.66 Å². The molecule has 1 unspecified atom stereocenters. The summed E-state index contributed by atoms with van der Waals surface area (Å²) >= 11 is 2.99. The summed E-state index contributed by atoms with van der Waals surface area (Å²) in [6.07, 6.45) is 5.46. The standard InChI is InChI=1S/C30H25N3O4S2/c1-3-37-25-15-8-18(16-24(25)33(35)36)17-26-29(34)32-28(20-9-12-21(38-2)13-10-20)23-14-11-19-6-4-5-7-22(19)27(23)31-30(32)39-26/h4-10,12-13,15-17,28H,3,11,14H2,1-2H3. The number of rotatable bonds is 6. The van der Waals surface area contributed by atoms with Gasteiger partial charge in [0.15, 0.2) is 10.6 Å². The Kier molecular flexibility index (Phi) is 6.70. The van der Waals surface area contributed by atoms with Gasteiger partial charge in [-0.1, -0.05) is 53.8 Å². The molecule has 2 heterocycles. The Bertz CT molecular complexity index is 1820. The normalized spacial score (nSPS) is 16.3. The zero-order chi connectivity index (χ0) is 27.1. The fourth-order valence-electron chi connectivity index (χ4n) is 5.30. The lowest BCUT2D eigenvalue weighted by molar-refractivity contribution is -0.385. The van der Waals surface area contributed by atoms with Gasteiger partial charge in [0.25, 0.3) is 5.56 Å². The third-order valence-electron chi connectivity index (χ3n) is 7.08. The highest BCUT2D eigenvalue weighted by atomic mass is 32.2. The van der Waals surface area contributed by atoms with Gasteiger partial charge in [-0.25, -0.2) is 4.99 Å². The van der Waals surface area contributed by atoms with Gasteiger partial charge in [0.1, 0.15) is 0 Å². The summed E-state index contributed by atoms with van der Waals surface area (Å²) in [6.45, 7) is 2.10. The average Bonchev–Trinajstić information content (AvgIpc) is 3.26. The minimum atomic E-state index is -0.465. The molecule has 1 aliphatic carbocycles. The fraction of sp³-hybridized carbons (Fsp3) is 0.200. The van der Waals surface area contributed by atoms with E-state index in [2.05, 4.69) is 42.5 Å². The van der Waals surface area contributed by atoms with Crippen molar-refractivity contribution in [1.82, 2.24) is 4.57 Å². The number of hydrogen-bond acceptors (Lipinski definition) is 7. The van der Waals surface area contributed by atoms with Crippen molar-refractivity contribution in [3.8, 4) is 5.75 Å². The van der Waals surface area contributed by atoms with E-state index in [1.54, 1.807) is 41.5 Å². The van der Waals surface area contributed by atoms with Crippen LogP contribution in [0.25, 0.3) is 11.8 Å². The van der Waals surface area contributed by atoms with Crippen LogP contribution in [-0.2, 0) is 6.42 Å². The molecule has 39 heavy (non-hydrogen) atoms. The van der Waals surface area contributed by atoms with E-state index in [1.807, 2.05) is 12.3 Å². The summed E-state index contributed by atoms with van der Waals surface area (Å²) in [5.74, 6) is 0.209. The number of fused-ring (bicyclic) bond motifs is 3. The highest BCUT2D eigenvalue weighted by molar-refractivity contribution is 7.98. The van der Waals surface area contributed by atoms with E-state index in [0.29, 0.717) is 21.5 Å². The highest BCUT2D eigenvalue weighted by Crippen LogP contribution is 2.41. The zero-order valence-corrected chi connectivity index (χ0v) is 23.1. The maximum atomic E-state index is 13.9. The summed E-state index contributed by atoms with van der Waals surface area (Å²) in [5.41, 5.74) is 5.78. The topological polar surface area (TPSA) is 86.7 Å². The van der Waals surface area contributed by atoms with Crippen LogP contribution in [0.4, 0.5) is 5.69 Å². The number of nitro groups is 1. The van der Waals surface area contributed by atoms with Crippen molar-refractivity contribution in [2.45, 2.75) is 30.7 Å². The van der Waals surface area contributed by atoms with E-state index in [9.17, 15) is 14.9 Å². The monoisotopic (exact) mass is 555 g/mol. The molecule has 0 radical (unpaired) electrons. The summed E-state index contributed by atoms with van der Waals surface area (Å²) in [5, 5.41) is 11.6. The molecule has 0 saturated carbocycles. The van der Waals surface area contributed by atoms with Crippen LogP contribution in [0.2, 0.25) is 0 Å². The lowest BCUT2D eigenvalue weighted by Gasteiger charge is -2.30. The van der Waals surface area contributed by atoms with Crippen molar-refractivity contribution in [3.63, 3.8) is 0 Å². The molecule has 9 heteroatoms. The maximum absolute atomic E-state index is 13.9. The first-order chi connectivity index (χ1) is 19.0. The van der Waals surface area contributed by atoms with Crippen molar-refractivity contribution in [2.24, 2.45) is 4.99 Å². The van der Waals surface area contributed by atoms with Crippen LogP contribution in [0.3, 0.4) is 0 Å². The molecule has 3 aromatic carbocycles. The SMILES string of the molecule is CCOc1ccc(C=c2sc3n(c2=O)C(c2ccc(SC)cc2)C2=C(N=3)c3ccccc3CC2)cc1[N+](=O)[O-].